The highest BCUT2D eigenvalue weighted by Crippen LogP contribution is 2.36. The molecule has 9 nitrogen and oxygen atoms in total. The Morgan fingerprint density at radius 2 is 1.80 bits per heavy atom. The maximum absolute atomic E-state index is 13.7. The Morgan fingerprint density at radius 1 is 1.07 bits per heavy atom. The molecule has 2 amide bonds. The van der Waals surface area contributed by atoms with E-state index >= 15 is 0 Å². The highest BCUT2D eigenvalue weighted by molar-refractivity contribution is 5.83. The van der Waals surface area contributed by atoms with Gasteiger partial charge in [-0.15, -0.1) is 0 Å². The first-order chi connectivity index (χ1) is 22.4. The van der Waals surface area contributed by atoms with Crippen LogP contribution >= 0.6 is 0 Å². The van der Waals surface area contributed by atoms with E-state index in [1.807, 2.05) is 108 Å². The summed E-state index contributed by atoms with van der Waals surface area (Å²) in [6.45, 7) is 8.26. The molecule has 46 heavy (non-hydrogen) atoms. The Labute approximate surface area is 271 Å². The molecule has 0 radical (unpaired) electrons. The van der Waals surface area contributed by atoms with Crippen molar-refractivity contribution in [3.05, 3.63) is 102 Å². The molecular weight excluding hydrogens is 576 g/mol. The summed E-state index contributed by atoms with van der Waals surface area (Å²) in [4.78, 5) is 41.5. The minimum absolute atomic E-state index is 0.0752. The molecule has 0 saturated carbocycles. The number of nitrogens with one attached hydrogen (secondary N) is 1. The Morgan fingerprint density at radius 3 is 2.50 bits per heavy atom. The van der Waals surface area contributed by atoms with Crippen LogP contribution in [0.3, 0.4) is 0 Å². The molecule has 240 valence electrons. The normalized spacial score (nSPS) is 15.1. The average Bonchev–Trinajstić information content (AvgIpc) is 3.76. The summed E-state index contributed by atoms with van der Waals surface area (Å²) in [6.07, 6.45) is 4.73. The van der Waals surface area contributed by atoms with E-state index in [1.165, 1.54) is 0 Å². The third kappa shape index (κ3) is 7.72. The second-order valence-corrected chi connectivity index (χ2v) is 11.9. The number of oxazole rings is 1. The van der Waals surface area contributed by atoms with Crippen LogP contribution in [-0.4, -0.2) is 78.5 Å². The van der Waals surface area contributed by atoms with E-state index in [4.69, 9.17) is 4.42 Å². The van der Waals surface area contributed by atoms with Crippen LogP contribution in [0.1, 0.15) is 55.2 Å². The zero-order valence-corrected chi connectivity index (χ0v) is 27.1. The van der Waals surface area contributed by atoms with Crippen LogP contribution in [0.4, 0.5) is 11.4 Å². The van der Waals surface area contributed by atoms with Crippen LogP contribution in [0, 0.1) is 0 Å². The van der Waals surface area contributed by atoms with E-state index in [-0.39, 0.29) is 23.9 Å². The van der Waals surface area contributed by atoms with Crippen LogP contribution < -0.4 is 5.32 Å². The lowest BCUT2D eigenvalue weighted by atomic mass is 10.0. The summed E-state index contributed by atoms with van der Waals surface area (Å²) >= 11 is 0. The van der Waals surface area contributed by atoms with Gasteiger partial charge in [0, 0.05) is 31.7 Å². The van der Waals surface area contributed by atoms with Gasteiger partial charge in [-0.25, -0.2) is 4.98 Å². The summed E-state index contributed by atoms with van der Waals surface area (Å²) < 4.78 is 6.27. The Bertz CT molecular complexity index is 1600. The van der Waals surface area contributed by atoms with E-state index in [0.717, 1.165) is 41.6 Å². The van der Waals surface area contributed by atoms with E-state index < -0.39 is 0 Å². The quantitative estimate of drug-likeness (QED) is 0.161. The van der Waals surface area contributed by atoms with Crippen molar-refractivity contribution in [3.8, 4) is 11.5 Å². The highest BCUT2D eigenvalue weighted by Gasteiger charge is 2.33. The van der Waals surface area contributed by atoms with Crippen LogP contribution in [0.25, 0.3) is 11.5 Å². The SMILES string of the molecule is C=Nc1ccc(-c2ncc([C@@H]3CCCN3C(=O)Cc3ccccc3)o2)cc1NCCN(CCC)C(=O)[C@@H](c1ccccc1)N(C)C. The van der Waals surface area contributed by atoms with Gasteiger partial charge in [0.05, 0.1) is 30.0 Å². The molecule has 1 N–H and O–H groups in total. The van der Waals surface area contributed by atoms with E-state index in [0.29, 0.717) is 49.9 Å². The maximum Gasteiger partial charge on any atom is 0.244 e. The highest BCUT2D eigenvalue weighted by atomic mass is 16.4. The number of anilines is 1. The summed E-state index contributed by atoms with van der Waals surface area (Å²) in [5.74, 6) is 1.34. The van der Waals surface area contributed by atoms with Gasteiger partial charge in [-0.3, -0.25) is 19.5 Å². The van der Waals surface area contributed by atoms with Crippen molar-refractivity contribution in [2.45, 2.75) is 44.7 Å². The molecule has 3 aromatic carbocycles. The van der Waals surface area contributed by atoms with Crippen molar-refractivity contribution in [2.75, 3.05) is 45.6 Å². The van der Waals surface area contributed by atoms with Crippen molar-refractivity contribution in [1.29, 1.82) is 0 Å². The molecule has 0 spiro atoms. The van der Waals surface area contributed by atoms with Gasteiger partial charge in [-0.05, 0) is 69.4 Å². The molecule has 5 rings (SSSR count). The van der Waals surface area contributed by atoms with Crippen molar-refractivity contribution < 1.29 is 14.0 Å². The molecule has 1 aliphatic heterocycles. The number of hydrogen-bond acceptors (Lipinski definition) is 7. The fraction of sp³-hybridized carbons (Fsp3) is 0.351. The van der Waals surface area contributed by atoms with Gasteiger partial charge >= 0.3 is 0 Å². The molecule has 4 aromatic rings. The largest absolute Gasteiger partial charge is 0.439 e. The van der Waals surface area contributed by atoms with Gasteiger partial charge in [0.2, 0.25) is 17.7 Å². The molecule has 1 aromatic heterocycles. The van der Waals surface area contributed by atoms with E-state index in [9.17, 15) is 9.59 Å². The number of likely N-dealkylation sites (N-methyl/N-ethyl adjacent to an activating group) is 1. The lowest BCUT2D eigenvalue weighted by molar-refractivity contribution is -0.136. The van der Waals surface area contributed by atoms with Crippen LogP contribution in [0.5, 0.6) is 0 Å². The van der Waals surface area contributed by atoms with Crippen LogP contribution in [0.15, 0.2) is 94.5 Å². The smallest absolute Gasteiger partial charge is 0.244 e. The minimum Gasteiger partial charge on any atom is -0.439 e. The standard InChI is InChI=1S/C37H44N6O3/c1-5-21-42(37(45)35(41(3)4)28-15-10-7-11-16-28)23-20-39-31-25-29(18-19-30(31)38-2)36-40-26-33(46-36)32-17-12-22-43(32)34(44)24-27-13-8-6-9-14-27/h6-11,13-16,18-19,25-26,32,35,39H,2,5,12,17,20-24H2,1,3-4H3/t32-,35+/m0/s1. The van der Waals surface area contributed by atoms with Crippen molar-refractivity contribution >= 4 is 29.9 Å². The number of nitrogens with zero attached hydrogens (tertiary/aromatic N) is 5. The third-order valence-electron chi connectivity index (χ3n) is 8.41. The number of hydrogen-bond donors (Lipinski definition) is 1. The Kier molecular flexibility index (Phi) is 11.0. The Balaban J connectivity index is 1.27. The molecule has 2 heterocycles. The van der Waals surface area contributed by atoms with Crippen molar-refractivity contribution in [3.63, 3.8) is 0 Å². The average molecular weight is 621 g/mol. The summed E-state index contributed by atoms with van der Waals surface area (Å²) in [6, 6.07) is 25.0. The topological polar surface area (TPSA) is 94.3 Å². The summed E-state index contributed by atoms with van der Waals surface area (Å²) in [7, 11) is 3.87. The number of carbonyl (C=O) groups is 2. The zero-order chi connectivity index (χ0) is 32.5. The summed E-state index contributed by atoms with van der Waals surface area (Å²) in [5.41, 5.74) is 4.25. The lowest BCUT2D eigenvalue weighted by Gasteiger charge is -2.31. The number of likely N-dealkylation sites (tertiary alicyclic amines) is 1. The molecule has 2 atom stereocenters. The monoisotopic (exact) mass is 620 g/mol. The first-order valence-corrected chi connectivity index (χ1v) is 16.0. The molecule has 9 heteroatoms. The lowest BCUT2D eigenvalue weighted by Crippen LogP contribution is -2.43. The van der Waals surface area contributed by atoms with Gasteiger partial charge in [-0.1, -0.05) is 67.6 Å². The molecular formula is C37H44N6O3. The summed E-state index contributed by atoms with van der Waals surface area (Å²) in [5, 5.41) is 3.47. The van der Waals surface area contributed by atoms with E-state index in [1.54, 1.807) is 6.20 Å². The van der Waals surface area contributed by atoms with Crippen molar-refractivity contribution in [2.24, 2.45) is 4.99 Å². The number of aliphatic imine (C=N–C) groups is 1. The van der Waals surface area contributed by atoms with E-state index in [2.05, 4.69) is 28.9 Å². The van der Waals surface area contributed by atoms with Gasteiger partial charge in [0.25, 0.3) is 0 Å². The second-order valence-electron chi connectivity index (χ2n) is 11.9. The number of benzene rings is 3. The van der Waals surface area contributed by atoms with Gasteiger partial charge in [0.1, 0.15) is 11.8 Å². The molecule has 0 bridgehead atoms. The van der Waals surface area contributed by atoms with Crippen LogP contribution in [-0.2, 0) is 16.0 Å². The first kappa shape index (κ1) is 32.6. The molecule has 0 aliphatic carbocycles. The Hall–Kier alpha value is -4.76. The maximum atomic E-state index is 13.7. The zero-order valence-electron chi connectivity index (χ0n) is 27.1. The van der Waals surface area contributed by atoms with Gasteiger partial charge < -0.3 is 19.5 Å². The van der Waals surface area contributed by atoms with Gasteiger partial charge in [0.15, 0.2) is 0 Å². The second kappa shape index (κ2) is 15.5. The first-order valence-electron chi connectivity index (χ1n) is 16.0. The fourth-order valence-electron chi connectivity index (χ4n) is 6.15. The molecule has 1 aliphatic rings. The predicted molar refractivity (Wildman–Crippen MR) is 183 cm³/mol. The third-order valence-corrected chi connectivity index (χ3v) is 8.41. The van der Waals surface area contributed by atoms with Crippen LogP contribution in [0.2, 0.25) is 0 Å². The molecule has 1 saturated heterocycles. The molecule has 1 fully saturated rings. The number of carbonyl (C=O) groups excluding carboxylic acids is 2. The number of aromatic nitrogens is 1. The number of rotatable bonds is 14. The van der Waals surface area contributed by atoms with Gasteiger partial charge in [-0.2, -0.15) is 0 Å². The minimum atomic E-state index is -0.356. The van der Waals surface area contributed by atoms with Crippen molar-refractivity contribution in [1.82, 2.24) is 19.7 Å². The number of amides is 2. The fourth-order valence-corrected chi connectivity index (χ4v) is 6.15. The molecule has 0 unspecified atom stereocenters. The predicted octanol–water partition coefficient (Wildman–Crippen LogP) is 6.53.